The Labute approximate surface area is 142 Å². The molecule has 0 fully saturated rings. The molecule has 4 nitrogen and oxygen atoms in total. The van der Waals surface area contributed by atoms with Crippen LogP contribution in [-0.2, 0) is 17.9 Å². The average molecular weight is 335 g/mol. The summed E-state index contributed by atoms with van der Waals surface area (Å²) in [5.74, 6) is 0.981. The number of aliphatic hydroxyl groups is 1. The van der Waals surface area contributed by atoms with Crippen molar-refractivity contribution in [3.8, 4) is 0 Å². The van der Waals surface area contributed by atoms with E-state index in [2.05, 4.69) is 18.7 Å². The van der Waals surface area contributed by atoms with Crippen LogP contribution >= 0.6 is 0 Å². The summed E-state index contributed by atoms with van der Waals surface area (Å²) < 4.78 is 23.7. The zero-order valence-corrected chi connectivity index (χ0v) is 14.3. The number of nitrogens with zero attached hydrogens (tertiary/aromatic N) is 1. The first-order valence-electron chi connectivity index (χ1n) is 8.28. The quantitative estimate of drug-likeness (QED) is 0.722. The van der Waals surface area contributed by atoms with Crippen molar-refractivity contribution in [3.05, 3.63) is 59.8 Å². The first-order chi connectivity index (χ1) is 11.5. The molecule has 2 rings (SSSR count). The van der Waals surface area contributed by atoms with Gasteiger partial charge in [0.05, 0.1) is 19.0 Å². The Morgan fingerprint density at radius 1 is 1.17 bits per heavy atom. The minimum Gasteiger partial charge on any atom is -0.467 e. The second kappa shape index (κ2) is 9.57. The second-order valence-corrected chi connectivity index (χ2v) is 6.46. The fourth-order valence-electron chi connectivity index (χ4n) is 2.61. The zero-order valence-electron chi connectivity index (χ0n) is 14.3. The number of furan rings is 1. The van der Waals surface area contributed by atoms with Crippen LogP contribution in [0.1, 0.15) is 25.2 Å². The van der Waals surface area contributed by atoms with Gasteiger partial charge >= 0.3 is 0 Å². The van der Waals surface area contributed by atoms with Gasteiger partial charge in [0, 0.05) is 19.6 Å². The van der Waals surface area contributed by atoms with Crippen LogP contribution in [0.25, 0.3) is 0 Å². The predicted molar refractivity (Wildman–Crippen MR) is 90.9 cm³/mol. The Morgan fingerprint density at radius 2 is 1.92 bits per heavy atom. The molecule has 0 spiro atoms. The number of halogens is 1. The molecule has 0 aliphatic carbocycles. The highest BCUT2D eigenvalue weighted by molar-refractivity contribution is 5.15. The van der Waals surface area contributed by atoms with Crippen LogP contribution in [0, 0.1) is 11.7 Å². The van der Waals surface area contributed by atoms with Crippen LogP contribution in [0.3, 0.4) is 0 Å². The molecule has 5 heteroatoms. The van der Waals surface area contributed by atoms with Crippen molar-refractivity contribution in [2.24, 2.45) is 5.92 Å². The molecule has 0 aliphatic heterocycles. The molecular formula is C19H26FNO3. The molecule has 0 unspecified atom stereocenters. The van der Waals surface area contributed by atoms with Crippen molar-refractivity contribution >= 4 is 0 Å². The van der Waals surface area contributed by atoms with Crippen LogP contribution in [0.15, 0.2) is 47.1 Å². The monoisotopic (exact) mass is 335 g/mol. The van der Waals surface area contributed by atoms with Gasteiger partial charge in [-0.25, -0.2) is 4.39 Å². The fourth-order valence-corrected chi connectivity index (χ4v) is 2.61. The number of rotatable bonds is 10. The summed E-state index contributed by atoms with van der Waals surface area (Å²) in [4.78, 5) is 2.17. The number of hydrogen-bond donors (Lipinski definition) is 1. The lowest BCUT2D eigenvalue weighted by Gasteiger charge is -2.26. The van der Waals surface area contributed by atoms with Crippen molar-refractivity contribution in [1.82, 2.24) is 4.90 Å². The maximum Gasteiger partial charge on any atom is 0.129 e. The third kappa shape index (κ3) is 6.83. The van der Waals surface area contributed by atoms with E-state index in [9.17, 15) is 9.50 Å². The minimum atomic E-state index is -0.584. The van der Waals surface area contributed by atoms with E-state index < -0.39 is 6.10 Å². The SMILES string of the molecule is CC(C)CN(Cc1ccc(F)cc1)C[C@H](O)COCc1ccco1. The summed E-state index contributed by atoms with van der Waals surface area (Å²) in [6.07, 6.45) is 1.02. The molecule has 1 N–H and O–H groups in total. The zero-order chi connectivity index (χ0) is 17.4. The van der Waals surface area contributed by atoms with Gasteiger partial charge in [0.15, 0.2) is 0 Å². The van der Waals surface area contributed by atoms with Gasteiger partial charge in [-0.3, -0.25) is 4.90 Å². The van der Waals surface area contributed by atoms with Gasteiger partial charge in [-0.05, 0) is 35.7 Å². The van der Waals surface area contributed by atoms with Crippen LogP contribution in [0.2, 0.25) is 0 Å². The molecule has 0 aliphatic rings. The van der Waals surface area contributed by atoms with E-state index in [1.807, 2.05) is 12.1 Å². The molecule has 1 atom stereocenters. The standard InChI is InChI=1S/C19H26FNO3/c1-15(2)10-21(11-16-5-7-17(20)8-6-16)12-18(22)13-23-14-19-4-3-9-24-19/h3-9,15,18,22H,10-14H2,1-2H3/t18-/m0/s1. The normalized spacial score (nSPS) is 12.9. The third-order valence-electron chi connectivity index (χ3n) is 3.55. The van der Waals surface area contributed by atoms with Gasteiger partial charge in [0.25, 0.3) is 0 Å². The van der Waals surface area contributed by atoms with E-state index in [4.69, 9.17) is 9.15 Å². The Balaban J connectivity index is 1.81. The largest absolute Gasteiger partial charge is 0.467 e. The van der Waals surface area contributed by atoms with E-state index >= 15 is 0 Å². The number of hydrogen-bond acceptors (Lipinski definition) is 4. The molecule has 24 heavy (non-hydrogen) atoms. The highest BCUT2D eigenvalue weighted by Gasteiger charge is 2.14. The van der Waals surface area contributed by atoms with Crippen molar-refractivity contribution < 1.29 is 18.7 Å². The lowest BCUT2D eigenvalue weighted by molar-refractivity contribution is 0.00223. The molecule has 0 saturated carbocycles. The van der Waals surface area contributed by atoms with Gasteiger partial charge < -0.3 is 14.3 Å². The smallest absolute Gasteiger partial charge is 0.129 e. The molecule has 0 saturated heterocycles. The van der Waals surface area contributed by atoms with E-state index in [0.29, 0.717) is 25.6 Å². The van der Waals surface area contributed by atoms with Crippen LogP contribution < -0.4 is 0 Å². The molecule has 1 aromatic heterocycles. The lowest BCUT2D eigenvalue weighted by atomic mass is 10.1. The number of benzene rings is 1. The topological polar surface area (TPSA) is 45.8 Å². The predicted octanol–water partition coefficient (Wildman–Crippen LogP) is 3.45. The second-order valence-electron chi connectivity index (χ2n) is 6.46. The molecule has 0 bridgehead atoms. The first kappa shape index (κ1) is 18.6. The van der Waals surface area contributed by atoms with Crippen LogP contribution in [-0.4, -0.2) is 35.8 Å². The Kier molecular flexibility index (Phi) is 7.43. The maximum absolute atomic E-state index is 13.0. The highest BCUT2D eigenvalue weighted by atomic mass is 19.1. The summed E-state index contributed by atoms with van der Waals surface area (Å²) in [5, 5.41) is 10.2. The lowest BCUT2D eigenvalue weighted by Crippen LogP contribution is -2.36. The Morgan fingerprint density at radius 3 is 2.54 bits per heavy atom. The van der Waals surface area contributed by atoms with Crippen LogP contribution in [0.4, 0.5) is 4.39 Å². The van der Waals surface area contributed by atoms with E-state index in [1.54, 1.807) is 18.4 Å². The van der Waals surface area contributed by atoms with Crippen molar-refractivity contribution in [2.75, 3.05) is 19.7 Å². The summed E-state index contributed by atoms with van der Waals surface area (Å²) in [6, 6.07) is 10.1. The van der Waals surface area contributed by atoms with Crippen molar-refractivity contribution in [2.45, 2.75) is 33.1 Å². The molecule has 1 aromatic carbocycles. The van der Waals surface area contributed by atoms with Crippen LogP contribution in [0.5, 0.6) is 0 Å². The van der Waals surface area contributed by atoms with E-state index in [0.717, 1.165) is 17.9 Å². The maximum atomic E-state index is 13.0. The summed E-state index contributed by atoms with van der Waals surface area (Å²) in [6.45, 7) is 6.91. The van der Waals surface area contributed by atoms with Gasteiger partial charge in [-0.2, -0.15) is 0 Å². The first-order valence-corrected chi connectivity index (χ1v) is 8.28. The van der Waals surface area contributed by atoms with Crippen molar-refractivity contribution in [3.63, 3.8) is 0 Å². The third-order valence-corrected chi connectivity index (χ3v) is 3.55. The van der Waals surface area contributed by atoms with Gasteiger partial charge in [-0.1, -0.05) is 26.0 Å². The highest BCUT2D eigenvalue weighted by Crippen LogP contribution is 2.10. The fraction of sp³-hybridized carbons (Fsp3) is 0.474. The Bertz CT molecular complexity index is 569. The number of ether oxygens (including phenoxy) is 1. The minimum absolute atomic E-state index is 0.236. The van der Waals surface area contributed by atoms with Crippen molar-refractivity contribution in [1.29, 1.82) is 0 Å². The molecule has 0 radical (unpaired) electrons. The summed E-state index contributed by atoms with van der Waals surface area (Å²) >= 11 is 0. The van der Waals surface area contributed by atoms with Gasteiger partial charge in [0.2, 0.25) is 0 Å². The van der Waals surface area contributed by atoms with Gasteiger partial charge in [0.1, 0.15) is 18.2 Å². The molecular weight excluding hydrogens is 309 g/mol. The average Bonchev–Trinajstić information content (AvgIpc) is 3.02. The molecule has 0 amide bonds. The summed E-state index contributed by atoms with van der Waals surface area (Å²) in [5.41, 5.74) is 1.03. The molecule has 132 valence electrons. The van der Waals surface area contributed by atoms with Gasteiger partial charge in [-0.15, -0.1) is 0 Å². The number of aliphatic hydroxyl groups excluding tert-OH is 1. The summed E-state index contributed by atoms with van der Waals surface area (Å²) in [7, 11) is 0. The van der Waals surface area contributed by atoms with E-state index in [1.165, 1.54) is 12.1 Å². The molecule has 2 aromatic rings. The molecule has 1 heterocycles. The Hall–Kier alpha value is -1.69. The van der Waals surface area contributed by atoms with E-state index in [-0.39, 0.29) is 12.4 Å².